The highest BCUT2D eigenvalue weighted by Gasteiger charge is 2.22. The summed E-state index contributed by atoms with van der Waals surface area (Å²) < 4.78 is 0. The van der Waals surface area contributed by atoms with Crippen LogP contribution >= 0.6 is 0 Å². The Morgan fingerprint density at radius 3 is 2.87 bits per heavy atom. The molecule has 1 atom stereocenters. The van der Waals surface area contributed by atoms with E-state index in [1.807, 2.05) is 6.92 Å². The Balaban J connectivity index is 2.13. The molecule has 1 saturated heterocycles. The summed E-state index contributed by atoms with van der Waals surface area (Å²) in [6.45, 7) is 3.09. The van der Waals surface area contributed by atoms with Crippen molar-refractivity contribution in [2.75, 3.05) is 18.0 Å². The van der Waals surface area contributed by atoms with Crippen LogP contribution in [0.1, 0.15) is 36.5 Å². The molecule has 7 nitrogen and oxygen atoms in total. The number of benzene rings is 1. The standard InChI is InChI=1S/C16H21N3O4/c1-2-5-13(15(21)22)18-14(20)11-6-3-7-12(10-11)19-9-4-8-17-16(19)23/h3,6-7,10,13H,2,4-5,8-9H2,1H3,(H,17,23)(H,18,20)(H,21,22). The SMILES string of the molecule is CCCC(NC(=O)c1cccc(N2CCCNC2=O)c1)C(=O)O. The molecule has 2 rings (SSSR count). The number of aliphatic carboxylic acids is 1. The average molecular weight is 319 g/mol. The average Bonchev–Trinajstić information content (AvgIpc) is 2.54. The summed E-state index contributed by atoms with van der Waals surface area (Å²) in [5, 5.41) is 14.4. The Hall–Kier alpha value is -2.57. The van der Waals surface area contributed by atoms with E-state index in [4.69, 9.17) is 5.11 Å². The molecule has 0 spiro atoms. The molecule has 124 valence electrons. The molecule has 7 heteroatoms. The van der Waals surface area contributed by atoms with Crippen molar-refractivity contribution in [1.82, 2.24) is 10.6 Å². The predicted octanol–water partition coefficient (Wildman–Crippen LogP) is 1.59. The lowest BCUT2D eigenvalue weighted by Crippen LogP contribution is -2.46. The van der Waals surface area contributed by atoms with Gasteiger partial charge in [-0.2, -0.15) is 0 Å². The van der Waals surface area contributed by atoms with Crippen molar-refractivity contribution in [3.63, 3.8) is 0 Å². The second-order valence-corrected chi connectivity index (χ2v) is 5.44. The molecule has 1 fully saturated rings. The zero-order valence-corrected chi connectivity index (χ0v) is 13.0. The summed E-state index contributed by atoms with van der Waals surface area (Å²) in [5.74, 6) is -1.50. The number of carbonyl (C=O) groups excluding carboxylic acids is 2. The Bertz CT molecular complexity index is 603. The molecule has 0 aliphatic carbocycles. The van der Waals surface area contributed by atoms with Crippen LogP contribution in [-0.2, 0) is 4.79 Å². The molecule has 23 heavy (non-hydrogen) atoms. The Morgan fingerprint density at radius 2 is 2.22 bits per heavy atom. The van der Waals surface area contributed by atoms with Crippen molar-refractivity contribution >= 4 is 23.6 Å². The lowest BCUT2D eigenvalue weighted by molar-refractivity contribution is -0.139. The van der Waals surface area contributed by atoms with E-state index in [1.54, 1.807) is 29.2 Å². The summed E-state index contributed by atoms with van der Waals surface area (Å²) in [6, 6.07) is 5.54. The van der Waals surface area contributed by atoms with Crippen molar-refractivity contribution in [3.8, 4) is 0 Å². The molecule has 1 aromatic carbocycles. The first-order chi connectivity index (χ1) is 11.0. The Morgan fingerprint density at radius 1 is 1.43 bits per heavy atom. The van der Waals surface area contributed by atoms with Gasteiger partial charge in [0.25, 0.3) is 5.91 Å². The van der Waals surface area contributed by atoms with Gasteiger partial charge in [0.1, 0.15) is 6.04 Å². The Kier molecular flexibility index (Phi) is 5.56. The molecule has 1 heterocycles. The van der Waals surface area contributed by atoms with Crippen LogP contribution in [0.4, 0.5) is 10.5 Å². The summed E-state index contributed by atoms with van der Waals surface area (Å²) in [4.78, 5) is 36.8. The topological polar surface area (TPSA) is 98.7 Å². The second-order valence-electron chi connectivity index (χ2n) is 5.44. The first kappa shape index (κ1) is 16.8. The molecular weight excluding hydrogens is 298 g/mol. The van der Waals surface area contributed by atoms with Crippen molar-refractivity contribution in [2.45, 2.75) is 32.2 Å². The van der Waals surface area contributed by atoms with E-state index in [9.17, 15) is 14.4 Å². The third-order valence-corrected chi connectivity index (χ3v) is 3.68. The van der Waals surface area contributed by atoms with Crippen LogP contribution in [-0.4, -0.2) is 42.1 Å². The maximum Gasteiger partial charge on any atom is 0.326 e. The van der Waals surface area contributed by atoms with Crippen LogP contribution in [0.25, 0.3) is 0 Å². The fraction of sp³-hybridized carbons (Fsp3) is 0.438. The van der Waals surface area contributed by atoms with Gasteiger partial charge in [-0.3, -0.25) is 9.69 Å². The van der Waals surface area contributed by atoms with Crippen molar-refractivity contribution < 1.29 is 19.5 Å². The van der Waals surface area contributed by atoms with Gasteiger partial charge in [-0.15, -0.1) is 0 Å². The summed E-state index contributed by atoms with van der Waals surface area (Å²) in [5.41, 5.74) is 0.959. The van der Waals surface area contributed by atoms with E-state index in [0.29, 0.717) is 37.2 Å². The minimum absolute atomic E-state index is 0.191. The van der Waals surface area contributed by atoms with Crippen LogP contribution in [0, 0.1) is 0 Å². The molecule has 3 N–H and O–H groups in total. The van der Waals surface area contributed by atoms with Gasteiger partial charge >= 0.3 is 12.0 Å². The zero-order valence-electron chi connectivity index (χ0n) is 13.0. The number of carboxylic acids is 1. The zero-order chi connectivity index (χ0) is 16.8. The maximum atomic E-state index is 12.3. The van der Waals surface area contributed by atoms with Gasteiger partial charge in [-0.25, -0.2) is 9.59 Å². The fourth-order valence-electron chi connectivity index (χ4n) is 2.48. The number of rotatable bonds is 6. The van der Waals surface area contributed by atoms with E-state index < -0.39 is 17.9 Å². The molecular formula is C16H21N3O4. The lowest BCUT2D eigenvalue weighted by atomic mass is 10.1. The fourth-order valence-corrected chi connectivity index (χ4v) is 2.48. The highest BCUT2D eigenvalue weighted by molar-refractivity contribution is 5.99. The van der Waals surface area contributed by atoms with E-state index in [1.165, 1.54) is 0 Å². The number of nitrogens with zero attached hydrogens (tertiary/aromatic N) is 1. The number of carboxylic acid groups (broad SMARTS) is 1. The maximum absolute atomic E-state index is 12.3. The number of hydrogen-bond acceptors (Lipinski definition) is 3. The summed E-state index contributed by atoms with van der Waals surface area (Å²) in [6.07, 6.45) is 1.86. The molecule has 1 aliphatic rings. The molecule has 0 saturated carbocycles. The van der Waals surface area contributed by atoms with Crippen LogP contribution in [0.2, 0.25) is 0 Å². The largest absolute Gasteiger partial charge is 0.480 e. The van der Waals surface area contributed by atoms with Crippen LogP contribution < -0.4 is 15.5 Å². The molecule has 1 aliphatic heterocycles. The molecule has 1 unspecified atom stereocenters. The van der Waals surface area contributed by atoms with Gasteiger partial charge in [-0.05, 0) is 31.0 Å². The van der Waals surface area contributed by atoms with Gasteiger partial charge in [0, 0.05) is 24.3 Å². The van der Waals surface area contributed by atoms with Crippen LogP contribution in [0.3, 0.4) is 0 Å². The van der Waals surface area contributed by atoms with Gasteiger partial charge in [0.15, 0.2) is 0 Å². The highest BCUT2D eigenvalue weighted by Crippen LogP contribution is 2.18. The van der Waals surface area contributed by atoms with Gasteiger partial charge in [0.2, 0.25) is 0 Å². The quantitative estimate of drug-likeness (QED) is 0.741. The normalized spacial score (nSPS) is 15.7. The molecule has 0 aromatic heterocycles. The number of hydrogen-bond donors (Lipinski definition) is 3. The lowest BCUT2D eigenvalue weighted by Gasteiger charge is -2.27. The van der Waals surface area contributed by atoms with Gasteiger partial charge in [-0.1, -0.05) is 19.4 Å². The molecule has 1 aromatic rings. The van der Waals surface area contributed by atoms with Gasteiger partial charge < -0.3 is 15.7 Å². The summed E-state index contributed by atoms with van der Waals surface area (Å²) >= 11 is 0. The summed E-state index contributed by atoms with van der Waals surface area (Å²) in [7, 11) is 0. The van der Waals surface area contributed by atoms with Crippen molar-refractivity contribution in [3.05, 3.63) is 29.8 Å². The first-order valence-electron chi connectivity index (χ1n) is 7.72. The number of urea groups is 1. The predicted molar refractivity (Wildman–Crippen MR) is 85.6 cm³/mol. The number of anilines is 1. The van der Waals surface area contributed by atoms with Crippen LogP contribution in [0.15, 0.2) is 24.3 Å². The van der Waals surface area contributed by atoms with Crippen molar-refractivity contribution in [1.29, 1.82) is 0 Å². The van der Waals surface area contributed by atoms with Crippen LogP contribution in [0.5, 0.6) is 0 Å². The van der Waals surface area contributed by atoms with E-state index in [0.717, 1.165) is 6.42 Å². The second kappa shape index (κ2) is 7.62. The highest BCUT2D eigenvalue weighted by atomic mass is 16.4. The van der Waals surface area contributed by atoms with E-state index in [-0.39, 0.29) is 6.03 Å². The van der Waals surface area contributed by atoms with Crippen molar-refractivity contribution in [2.24, 2.45) is 0 Å². The number of carbonyl (C=O) groups is 3. The molecule has 3 amide bonds. The third kappa shape index (κ3) is 4.21. The third-order valence-electron chi connectivity index (χ3n) is 3.68. The molecule has 0 radical (unpaired) electrons. The first-order valence-corrected chi connectivity index (χ1v) is 7.72. The Labute approximate surface area is 134 Å². The number of amides is 3. The number of nitrogens with one attached hydrogen (secondary N) is 2. The van der Waals surface area contributed by atoms with E-state index in [2.05, 4.69) is 10.6 Å². The smallest absolute Gasteiger partial charge is 0.326 e. The molecule has 0 bridgehead atoms. The van der Waals surface area contributed by atoms with E-state index >= 15 is 0 Å². The minimum atomic E-state index is -1.05. The van der Waals surface area contributed by atoms with Gasteiger partial charge in [0.05, 0.1) is 0 Å². The monoisotopic (exact) mass is 319 g/mol. The minimum Gasteiger partial charge on any atom is -0.480 e.